The molecule has 21 heavy (non-hydrogen) atoms. The van der Waals surface area contributed by atoms with Gasteiger partial charge in [0.15, 0.2) is 5.82 Å². The highest BCUT2D eigenvalue weighted by molar-refractivity contribution is 6.04. The minimum atomic E-state index is -0.785. The van der Waals surface area contributed by atoms with E-state index >= 15 is 0 Å². The highest BCUT2D eigenvalue weighted by atomic mass is 19.1. The summed E-state index contributed by atoms with van der Waals surface area (Å²) in [7, 11) is 0. The number of aliphatic hydroxyl groups is 1. The van der Waals surface area contributed by atoms with E-state index in [9.17, 15) is 13.6 Å². The molecular weight excluding hydrogens is 278 g/mol. The number of pyridine rings is 1. The smallest absolute Gasteiger partial charge is 0.258 e. The number of amides is 1. The molecule has 1 aromatic carbocycles. The van der Waals surface area contributed by atoms with Crippen molar-refractivity contribution in [3.8, 4) is 11.8 Å². The van der Waals surface area contributed by atoms with E-state index in [0.29, 0.717) is 5.56 Å². The van der Waals surface area contributed by atoms with Crippen LogP contribution in [0, 0.1) is 23.5 Å². The molecule has 0 fully saturated rings. The number of anilines is 1. The second-order valence-corrected chi connectivity index (χ2v) is 3.96. The molecule has 4 nitrogen and oxygen atoms in total. The number of nitrogens with zero attached hydrogens (tertiary/aromatic N) is 1. The lowest BCUT2D eigenvalue weighted by atomic mass is 10.1. The molecule has 0 saturated heterocycles. The third-order valence-corrected chi connectivity index (χ3v) is 2.55. The predicted molar refractivity (Wildman–Crippen MR) is 72.5 cm³/mol. The molecular formula is C15H10F2N2O2. The molecule has 0 unspecified atom stereocenters. The fourth-order valence-corrected chi connectivity index (χ4v) is 1.58. The van der Waals surface area contributed by atoms with Gasteiger partial charge in [0, 0.05) is 11.8 Å². The van der Waals surface area contributed by atoms with Crippen LogP contribution in [0.15, 0.2) is 36.7 Å². The Balaban J connectivity index is 2.22. The number of aromatic nitrogens is 1. The lowest BCUT2D eigenvalue weighted by Gasteiger charge is -2.07. The molecule has 2 aromatic rings. The van der Waals surface area contributed by atoms with Crippen molar-refractivity contribution in [1.82, 2.24) is 4.98 Å². The van der Waals surface area contributed by atoms with E-state index in [0.717, 1.165) is 12.3 Å². The van der Waals surface area contributed by atoms with Gasteiger partial charge in [-0.05, 0) is 24.3 Å². The number of aliphatic hydroxyl groups excluding tert-OH is 1. The third kappa shape index (κ3) is 3.61. The Morgan fingerprint density at radius 1 is 1.29 bits per heavy atom. The van der Waals surface area contributed by atoms with Crippen molar-refractivity contribution in [1.29, 1.82) is 0 Å². The third-order valence-electron chi connectivity index (χ3n) is 2.55. The molecule has 2 rings (SSSR count). The first-order chi connectivity index (χ1) is 10.1. The van der Waals surface area contributed by atoms with Gasteiger partial charge >= 0.3 is 0 Å². The van der Waals surface area contributed by atoms with Gasteiger partial charge in [-0.15, -0.1) is 0 Å². The topological polar surface area (TPSA) is 62.2 Å². The largest absolute Gasteiger partial charge is 0.384 e. The monoisotopic (exact) mass is 288 g/mol. The van der Waals surface area contributed by atoms with E-state index in [-0.39, 0.29) is 17.9 Å². The maximum Gasteiger partial charge on any atom is 0.258 e. The maximum atomic E-state index is 13.8. The molecule has 0 aliphatic heterocycles. The summed E-state index contributed by atoms with van der Waals surface area (Å²) in [5.74, 6) is 2.61. The predicted octanol–water partition coefficient (Wildman–Crippen LogP) is 1.96. The summed E-state index contributed by atoms with van der Waals surface area (Å²) >= 11 is 0. The van der Waals surface area contributed by atoms with Crippen LogP contribution in [0.2, 0.25) is 0 Å². The summed E-state index contributed by atoms with van der Waals surface area (Å²) in [6.45, 7) is -0.342. The molecule has 1 heterocycles. The van der Waals surface area contributed by atoms with E-state index in [1.807, 2.05) is 0 Å². The quantitative estimate of drug-likeness (QED) is 0.830. The van der Waals surface area contributed by atoms with Crippen LogP contribution < -0.4 is 5.32 Å². The van der Waals surface area contributed by atoms with Crippen LogP contribution in [-0.4, -0.2) is 22.6 Å². The van der Waals surface area contributed by atoms with Gasteiger partial charge in [-0.2, -0.15) is 0 Å². The Morgan fingerprint density at radius 2 is 2.10 bits per heavy atom. The van der Waals surface area contributed by atoms with E-state index in [1.165, 1.54) is 24.4 Å². The Hall–Kier alpha value is -2.78. The highest BCUT2D eigenvalue weighted by Crippen LogP contribution is 2.15. The van der Waals surface area contributed by atoms with Gasteiger partial charge in [0.1, 0.15) is 12.4 Å². The summed E-state index contributed by atoms with van der Waals surface area (Å²) < 4.78 is 27.2. The number of benzene rings is 1. The summed E-state index contributed by atoms with van der Waals surface area (Å²) in [4.78, 5) is 15.4. The normalized spacial score (nSPS) is 9.67. The minimum absolute atomic E-state index is 0.0847. The number of carbonyl (C=O) groups excluding carboxylic acids is 1. The van der Waals surface area contributed by atoms with Gasteiger partial charge < -0.3 is 10.4 Å². The lowest BCUT2D eigenvalue weighted by molar-refractivity contribution is 0.102. The molecule has 0 atom stereocenters. The SMILES string of the molecule is O=C(Nc1ccncc1F)c1ccc(C#CCO)cc1F. The standard InChI is InChI=1S/C15H10F2N2O2/c16-12-8-10(2-1-7-20)3-4-11(12)15(21)19-14-5-6-18-9-13(14)17/h3-6,8-9,20H,7H2,(H,18,19,21). The number of rotatable bonds is 2. The fourth-order valence-electron chi connectivity index (χ4n) is 1.58. The van der Waals surface area contributed by atoms with E-state index < -0.39 is 17.5 Å². The van der Waals surface area contributed by atoms with Crippen LogP contribution >= 0.6 is 0 Å². The van der Waals surface area contributed by atoms with Crippen molar-refractivity contribution in [2.45, 2.75) is 0 Å². The lowest BCUT2D eigenvalue weighted by Crippen LogP contribution is -2.15. The molecule has 0 spiro atoms. The Kier molecular flexibility index (Phi) is 4.59. The zero-order valence-electron chi connectivity index (χ0n) is 10.7. The Labute approximate surface area is 119 Å². The van der Waals surface area contributed by atoms with Gasteiger partial charge in [0.25, 0.3) is 5.91 Å². The summed E-state index contributed by atoms with van der Waals surface area (Å²) in [6.07, 6.45) is 2.25. The van der Waals surface area contributed by atoms with Gasteiger partial charge in [0.05, 0.1) is 17.4 Å². The zero-order valence-corrected chi connectivity index (χ0v) is 10.7. The van der Waals surface area contributed by atoms with E-state index in [4.69, 9.17) is 5.11 Å². The first kappa shape index (κ1) is 14.6. The number of carbonyl (C=O) groups is 1. The molecule has 1 amide bonds. The first-order valence-corrected chi connectivity index (χ1v) is 5.92. The average molecular weight is 288 g/mol. The maximum absolute atomic E-state index is 13.8. The molecule has 106 valence electrons. The average Bonchev–Trinajstić information content (AvgIpc) is 2.47. The van der Waals surface area contributed by atoms with E-state index in [2.05, 4.69) is 22.1 Å². The van der Waals surface area contributed by atoms with Gasteiger partial charge in [-0.1, -0.05) is 11.8 Å². The summed E-state index contributed by atoms with van der Waals surface area (Å²) in [5, 5.41) is 10.8. The van der Waals surface area contributed by atoms with Crippen LogP contribution in [0.25, 0.3) is 0 Å². The van der Waals surface area contributed by atoms with E-state index in [1.54, 1.807) is 0 Å². The number of hydrogen-bond acceptors (Lipinski definition) is 3. The van der Waals surface area contributed by atoms with Crippen LogP contribution in [-0.2, 0) is 0 Å². The molecule has 0 aliphatic carbocycles. The Bertz CT molecular complexity index is 736. The first-order valence-electron chi connectivity index (χ1n) is 5.92. The van der Waals surface area contributed by atoms with Crippen LogP contribution in [0.1, 0.15) is 15.9 Å². The molecule has 0 radical (unpaired) electrons. The van der Waals surface area contributed by atoms with Crippen LogP contribution in [0.4, 0.5) is 14.5 Å². The molecule has 6 heteroatoms. The molecule has 2 N–H and O–H groups in total. The van der Waals surface area contributed by atoms with Gasteiger partial charge in [-0.25, -0.2) is 8.78 Å². The Morgan fingerprint density at radius 3 is 2.76 bits per heavy atom. The van der Waals surface area contributed by atoms with Crippen LogP contribution in [0.5, 0.6) is 0 Å². The number of nitrogens with one attached hydrogen (secondary N) is 1. The van der Waals surface area contributed by atoms with Gasteiger partial charge in [0.2, 0.25) is 0 Å². The molecule has 1 aromatic heterocycles. The van der Waals surface area contributed by atoms with Crippen molar-refractivity contribution in [2.75, 3.05) is 11.9 Å². The molecule has 0 bridgehead atoms. The van der Waals surface area contributed by atoms with Crippen molar-refractivity contribution in [3.05, 3.63) is 59.4 Å². The molecule has 0 aliphatic rings. The van der Waals surface area contributed by atoms with Crippen molar-refractivity contribution in [3.63, 3.8) is 0 Å². The van der Waals surface area contributed by atoms with Crippen molar-refractivity contribution in [2.24, 2.45) is 0 Å². The fraction of sp³-hybridized carbons (Fsp3) is 0.0667. The second kappa shape index (κ2) is 6.59. The second-order valence-electron chi connectivity index (χ2n) is 3.96. The highest BCUT2D eigenvalue weighted by Gasteiger charge is 2.13. The number of halogens is 2. The number of hydrogen-bond donors (Lipinski definition) is 2. The van der Waals surface area contributed by atoms with Crippen molar-refractivity contribution >= 4 is 11.6 Å². The zero-order chi connectivity index (χ0) is 15.2. The minimum Gasteiger partial charge on any atom is -0.384 e. The summed E-state index contributed by atoms with van der Waals surface area (Å²) in [6, 6.07) is 5.02. The van der Waals surface area contributed by atoms with Gasteiger partial charge in [-0.3, -0.25) is 9.78 Å². The van der Waals surface area contributed by atoms with Crippen molar-refractivity contribution < 1.29 is 18.7 Å². The summed E-state index contributed by atoms with van der Waals surface area (Å²) in [5.41, 5.74) is 0.00695. The molecule has 0 saturated carbocycles. The van der Waals surface area contributed by atoms with Crippen LogP contribution in [0.3, 0.4) is 0 Å².